The van der Waals surface area contributed by atoms with Gasteiger partial charge in [-0.15, -0.1) is 0 Å². The molecule has 0 amide bonds. The van der Waals surface area contributed by atoms with Crippen LogP contribution in [0.1, 0.15) is 5.56 Å². The highest BCUT2D eigenvalue weighted by atomic mass is 32.2. The van der Waals surface area contributed by atoms with Crippen LogP contribution in [-0.4, -0.2) is 33.8 Å². The summed E-state index contributed by atoms with van der Waals surface area (Å²) in [5.41, 5.74) is 4.75. The van der Waals surface area contributed by atoms with Gasteiger partial charge in [0.2, 0.25) is 0 Å². The predicted octanol–water partition coefficient (Wildman–Crippen LogP) is 4.41. The highest BCUT2D eigenvalue weighted by Gasteiger charge is 2.41. The Bertz CT molecular complexity index is 1210. The van der Waals surface area contributed by atoms with E-state index in [9.17, 15) is 8.42 Å². The largest absolute Gasteiger partial charge is 0.382 e. The number of rotatable bonds is 3. The molecular formula is C24H22N2O3S. The lowest BCUT2D eigenvalue weighted by Gasteiger charge is -2.41. The Kier molecular flexibility index (Phi) is 4.51. The molecule has 3 aromatic carbocycles. The molecule has 1 unspecified atom stereocenters. The molecule has 2 aliphatic rings. The van der Waals surface area contributed by atoms with Gasteiger partial charge in [0, 0.05) is 29.6 Å². The second kappa shape index (κ2) is 7.22. The van der Waals surface area contributed by atoms with Gasteiger partial charge in [-0.1, -0.05) is 48.5 Å². The summed E-state index contributed by atoms with van der Waals surface area (Å²) in [4.78, 5) is 4.26. The van der Waals surface area contributed by atoms with Crippen LogP contribution in [0.3, 0.4) is 0 Å². The van der Waals surface area contributed by atoms with Crippen molar-refractivity contribution in [2.45, 2.75) is 6.04 Å². The quantitative estimate of drug-likeness (QED) is 0.590. The van der Waals surface area contributed by atoms with Crippen LogP contribution >= 0.6 is 0 Å². The van der Waals surface area contributed by atoms with E-state index in [2.05, 4.69) is 17.0 Å². The van der Waals surface area contributed by atoms with Crippen molar-refractivity contribution in [3.05, 3.63) is 96.1 Å². The smallest absolute Gasteiger partial charge is 0.311 e. The van der Waals surface area contributed by atoms with Crippen molar-refractivity contribution >= 4 is 32.9 Å². The van der Waals surface area contributed by atoms with E-state index in [4.69, 9.17) is 4.18 Å². The lowest BCUT2D eigenvalue weighted by atomic mass is 9.94. The third-order valence-corrected chi connectivity index (χ3v) is 6.88. The molecule has 2 aliphatic heterocycles. The van der Waals surface area contributed by atoms with Gasteiger partial charge in [-0.3, -0.25) is 0 Å². The Balaban J connectivity index is 1.67. The van der Waals surface area contributed by atoms with Crippen LogP contribution in [-0.2, 0) is 14.3 Å². The number of para-hydroxylation sites is 3. The summed E-state index contributed by atoms with van der Waals surface area (Å²) in [6.45, 7) is 0.563. The van der Waals surface area contributed by atoms with Crippen LogP contribution < -0.4 is 9.80 Å². The zero-order chi connectivity index (χ0) is 20.7. The molecule has 0 saturated carbocycles. The maximum atomic E-state index is 12.7. The SMILES string of the molecule is CN(c1ccccc1)C1CS(=O)(=O)OC2=C1CN(c1ccccc1)c1ccccc12. The predicted molar refractivity (Wildman–Crippen MR) is 120 cm³/mol. The summed E-state index contributed by atoms with van der Waals surface area (Å²) >= 11 is 0. The summed E-state index contributed by atoms with van der Waals surface area (Å²) in [7, 11) is -1.75. The molecule has 152 valence electrons. The minimum Gasteiger partial charge on any atom is -0.382 e. The Morgan fingerprint density at radius 2 is 1.53 bits per heavy atom. The third kappa shape index (κ3) is 3.23. The molecule has 0 saturated heterocycles. The summed E-state index contributed by atoms with van der Waals surface area (Å²) in [6.07, 6.45) is 0. The van der Waals surface area contributed by atoms with Gasteiger partial charge in [0.15, 0.2) is 5.76 Å². The number of anilines is 3. The fraction of sp³-hybridized carbons (Fsp3) is 0.167. The number of benzene rings is 3. The molecule has 5 rings (SSSR count). The number of nitrogens with zero attached hydrogens (tertiary/aromatic N) is 2. The molecule has 0 aliphatic carbocycles. The molecular weight excluding hydrogens is 396 g/mol. The second-order valence-corrected chi connectivity index (χ2v) is 9.18. The molecule has 1 atom stereocenters. The zero-order valence-electron chi connectivity index (χ0n) is 16.6. The van der Waals surface area contributed by atoms with E-state index in [-0.39, 0.29) is 11.8 Å². The van der Waals surface area contributed by atoms with E-state index in [0.29, 0.717) is 12.3 Å². The molecule has 0 spiro atoms. The van der Waals surface area contributed by atoms with Crippen LogP contribution in [0.4, 0.5) is 17.1 Å². The first kappa shape index (κ1) is 18.8. The first-order valence-electron chi connectivity index (χ1n) is 9.88. The summed E-state index contributed by atoms with van der Waals surface area (Å²) in [5.74, 6) is 0.388. The highest BCUT2D eigenvalue weighted by molar-refractivity contribution is 7.87. The number of fused-ring (bicyclic) bond motifs is 2. The second-order valence-electron chi connectivity index (χ2n) is 7.56. The van der Waals surface area contributed by atoms with Crippen molar-refractivity contribution in [3.63, 3.8) is 0 Å². The molecule has 5 nitrogen and oxygen atoms in total. The molecule has 0 bridgehead atoms. The van der Waals surface area contributed by atoms with Crippen LogP contribution in [0.2, 0.25) is 0 Å². The number of likely N-dealkylation sites (N-methyl/N-ethyl adjacent to an activating group) is 1. The topological polar surface area (TPSA) is 49.9 Å². The molecule has 0 fully saturated rings. The Hall–Kier alpha value is -3.25. The fourth-order valence-electron chi connectivity index (χ4n) is 4.24. The van der Waals surface area contributed by atoms with Gasteiger partial charge in [-0.2, -0.15) is 8.42 Å². The molecule has 0 N–H and O–H groups in total. The third-order valence-electron chi connectivity index (χ3n) is 5.73. The van der Waals surface area contributed by atoms with Gasteiger partial charge in [-0.05, 0) is 36.4 Å². The van der Waals surface area contributed by atoms with Crippen molar-refractivity contribution < 1.29 is 12.6 Å². The number of hydrogen-bond donors (Lipinski definition) is 0. The Morgan fingerprint density at radius 3 is 2.27 bits per heavy atom. The lowest BCUT2D eigenvalue weighted by molar-refractivity contribution is 0.440. The summed E-state index contributed by atoms with van der Waals surface area (Å²) in [5, 5.41) is 0. The van der Waals surface area contributed by atoms with E-state index in [0.717, 1.165) is 28.2 Å². The molecule has 6 heteroatoms. The van der Waals surface area contributed by atoms with Crippen molar-refractivity contribution in [2.75, 3.05) is 29.1 Å². The molecule has 0 aromatic heterocycles. The number of hydrogen-bond acceptors (Lipinski definition) is 5. The summed E-state index contributed by atoms with van der Waals surface area (Å²) < 4.78 is 31.0. The first-order valence-corrected chi connectivity index (χ1v) is 11.5. The Morgan fingerprint density at radius 1 is 0.900 bits per heavy atom. The first-order chi connectivity index (χ1) is 14.5. The molecule has 30 heavy (non-hydrogen) atoms. The Labute approximate surface area is 177 Å². The van der Waals surface area contributed by atoms with Crippen LogP contribution in [0.15, 0.2) is 90.5 Å². The maximum Gasteiger partial charge on any atom is 0.311 e. The zero-order valence-corrected chi connectivity index (χ0v) is 17.4. The van der Waals surface area contributed by atoms with Crippen molar-refractivity contribution in [1.82, 2.24) is 0 Å². The van der Waals surface area contributed by atoms with E-state index < -0.39 is 10.1 Å². The van der Waals surface area contributed by atoms with E-state index in [1.165, 1.54) is 0 Å². The monoisotopic (exact) mass is 418 g/mol. The van der Waals surface area contributed by atoms with E-state index in [1.54, 1.807) is 0 Å². The van der Waals surface area contributed by atoms with Crippen molar-refractivity contribution in [2.24, 2.45) is 0 Å². The fourth-order valence-corrected chi connectivity index (χ4v) is 5.57. The van der Waals surface area contributed by atoms with Gasteiger partial charge >= 0.3 is 10.1 Å². The van der Waals surface area contributed by atoms with Gasteiger partial charge < -0.3 is 14.0 Å². The summed E-state index contributed by atoms with van der Waals surface area (Å²) in [6, 6.07) is 27.5. The van der Waals surface area contributed by atoms with E-state index >= 15 is 0 Å². The minimum atomic E-state index is -3.70. The van der Waals surface area contributed by atoms with Gasteiger partial charge in [0.05, 0.1) is 18.3 Å². The average molecular weight is 419 g/mol. The lowest BCUT2D eigenvalue weighted by Crippen LogP contribution is -2.47. The van der Waals surface area contributed by atoms with Crippen LogP contribution in [0.5, 0.6) is 0 Å². The highest BCUT2D eigenvalue weighted by Crippen LogP contribution is 2.44. The van der Waals surface area contributed by atoms with Gasteiger partial charge in [0.1, 0.15) is 5.75 Å². The molecule has 2 heterocycles. The van der Waals surface area contributed by atoms with Gasteiger partial charge in [-0.25, -0.2) is 0 Å². The van der Waals surface area contributed by atoms with Gasteiger partial charge in [0.25, 0.3) is 0 Å². The average Bonchev–Trinajstić information content (AvgIpc) is 2.78. The van der Waals surface area contributed by atoms with Crippen LogP contribution in [0, 0.1) is 0 Å². The standard InChI is InChI=1S/C24H22N2O3S/c1-25(18-10-4-2-5-11-18)23-17-30(27,28)29-24-20-14-8-9-15-22(20)26(16-21(23)24)19-12-6-3-7-13-19/h2-15,23H,16-17H2,1H3. The van der Waals surface area contributed by atoms with Crippen molar-refractivity contribution in [3.8, 4) is 0 Å². The maximum absolute atomic E-state index is 12.7. The molecule has 0 radical (unpaired) electrons. The van der Waals surface area contributed by atoms with Crippen LogP contribution in [0.25, 0.3) is 5.76 Å². The normalized spacial score (nSPS) is 19.5. The van der Waals surface area contributed by atoms with E-state index in [1.807, 2.05) is 84.7 Å². The van der Waals surface area contributed by atoms with Crippen molar-refractivity contribution in [1.29, 1.82) is 0 Å². The minimum absolute atomic E-state index is 0.0813. The molecule has 3 aromatic rings.